The number of nitrogens with zero attached hydrogens (tertiary/aromatic N) is 5. The molecule has 0 aliphatic heterocycles. The van der Waals surface area contributed by atoms with Gasteiger partial charge in [-0.05, 0) is 36.5 Å². The summed E-state index contributed by atoms with van der Waals surface area (Å²) in [6.07, 6.45) is 5.45. The van der Waals surface area contributed by atoms with Crippen LogP contribution in [0.2, 0.25) is 5.02 Å². The first-order valence-corrected chi connectivity index (χ1v) is 10.4. The Labute approximate surface area is 194 Å². The summed E-state index contributed by atoms with van der Waals surface area (Å²) in [5.41, 5.74) is 4.53. The van der Waals surface area contributed by atoms with E-state index in [4.69, 9.17) is 23.8 Å². The number of benzene rings is 2. The fourth-order valence-corrected chi connectivity index (χ4v) is 3.85. The van der Waals surface area contributed by atoms with E-state index in [1.807, 2.05) is 12.1 Å². The topological polar surface area (TPSA) is 67.5 Å². The van der Waals surface area contributed by atoms with Crippen LogP contribution < -0.4 is 5.32 Å². The van der Waals surface area contributed by atoms with Crippen LogP contribution in [-0.2, 0) is 6.42 Å². The van der Waals surface area contributed by atoms with E-state index in [2.05, 4.69) is 38.7 Å². The quantitative estimate of drug-likeness (QED) is 0.319. The van der Waals surface area contributed by atoms with Crippen LogP contribution in [0, 0.1) is 5.82 Å². The summed E-state index contributed by atoms with van der Waals surface area (Å²) in [5, 5.41) is 7.90. The predicted octanol–water partition coefficient (Wildman–Crippen LogP) is 5.04. The van der Waals surface area contributed by atoms with E-state index in [1.54, 1.807) is 42.2 Å². The first-order chi connectivity index (χ1) is 15.4. The number of hydrogen-bond acceptors (Lipinski definition) is 5. The normalized spacial score (nSPS) is 10.8. The number of hydrogen-bond donors (Lipinski definition) is 1. The maximum atomic E-state index is 14.5. The van der Waals surface area contributed by atoms with Crippen LogP contribution in [0.25, 0.3) is 23.1 Å². The number of halogens is 2. The minimum Gasteiger partial charge on any atom is -0.379 e. The Morgan fingerprint density at radius 2 is 2.06 bits per heavy atom. The Hall–Kier alpha value is -3.49. The lowest BCUT2D eigenvalue weighted by Crippen LogP contribution is -2.17. The lowest BCUT2D eigenvalue weighted by molar-refractivity contribution is 0.625. The molecule has 4 aromatic rings. The predicted molar refractivity (Wildman–Crippen MR) is 130 cm³/mol. The first-order valence-electron chi connectivity index (χ1n) is 9.58. The summed E-state index contributed by atoms with van der Waals surface area (Å²) in [7, 11) is 1.66. The van der Waals surface area contributed by atoms with Gasteiger partial charge < -0.3 is 5.32 Å². The van der Waals surface area contributed by atoms with Gasteiger partial charge in [-0.1, -0.05) is 42.5 Å². The van der Waals surface area contributed by atoms with Crippen molar-refractivity contribution in [3.63, 3.8) is 0 Å². The molecule has 0 amide bonds. The van der Waals surface area contributed by atoms with Gasteiger partial charge in [0.1, 0.15) is 16.5 Å². The number of thiocarbonyl (C=S) groups is 1. The Balaban J connectivity index is 1.72. The molecule has 2 aromatic heterocycles. The molecule has 0 fully saturated rings. The second-order valence-electron chi connectivity index (χ2n) is 6.93. The van der Waals surface area contributed by atoms with Gasteiger partial charge in [0.15, 0.2) is 0 Å². The van der Waals surface area contributed by atoms with Gasteiger partial charge in [0, 0.05) is 30.2 Å². The van der Waals surface area contributed by atoms with Gasteiger partial charge in [0.25, 0.3) is 5.78 Å². The van der Waals surface area contributed by atoms with Crippen LogP contribution in [0.5, 0.6) is 0 Å². The standard InChI is InChI=1S/C23H18ClFN6S/c1-4-14-7-13(9-18(24)21(14)26-2)8-16-11-28-23-29-12-20(30-31(16)23)15-5-6-17(19(25)10-15)22(32)27-3/h4-7,9-12H,1-2,8H2,3H3,(H,27,32). The highest BCUT2D eigenvalue weighted by atomic mass is 35.5. The second-order valence-corrected chi connectivity index (χ2v) is 7.75. The Bertz CT molecular complexity index is 1380. The van der Waals surface area contributed by atoms with E-state index in [-0.39, 0.29) is 0 Å². The molecule has 2 aromatic carbocycles. The summed E-state index contributed by atoms with van der Waals surface area (Å²) in [6, 6.07) is 8.54. The van der Waals surface area contributed by atoms with Crippen molar-refractivity contribution < 1.29 is 4.39 Å². The minimum absolute atomic E-state index is 0.330. The van der Waals surface area contributed by atoms with Gasteiger partial charge in [0.05, 0.1) is 28.8 Å². The zero-order valence-electron chi connectivity index (χ0n) is 17.1. The van der Waals surface area contributed by atoms with Crippen LogP contribution in [0.1, 0.15) is 22.4 Å². The van der Waals surface area contributed by atoms with Crippen molar-refractivity contribution >= 4 is 53.1 Å². The summed E-state index contributed by atoms with van der Waals surface area (Å²) in [4.78, 5) is 13.0. The number of aliphatic imine (C=N–C) groups is 1. The van der Waals surface area contributed by atoms with Gasteiger partial charge in [-0.15, -0.1) is 0 Å². The number of rotatable bonds is 6. The third kappa shape index (κ3) is 4.02. The summed E-state index contributed by atoms with van der Waals surface area (Å²) in [6.45, 7) is 7.37. The molecule has 0 aliphatic rings. The molecule has 2 heterocycles. The third-order valence-electron chi connectivity index (χ3n) is 4.95. The molecule has 32 heavy (non-hydrogen) atoms. The lowest BCUT2D eigenvalue weighted by Gasteiger charge is -2.09. The average molecular weight is 465 g/mol. The van der Waals surface area contributed by atoms with Crippen molar-refractivity contribution in [1.82, 2.24) is 24.9 Å². The van der Waals surface area contributed by atoms with E-state index in [1.165, 1.54) is 6.07 Å². The van der Waals surface area contributed by atoms with Crippen molar-refractivity contribution in [3.8, 4) is 11.3 Å². The van der Waals surface area contributed by atoms with Crippen molar-refractivity contribution in [1.29, 1.82) is 0 Å². The molecule has 4 rings (SSSR count). The first kappa shape index (κ1) is 21.7. The van der Waals surface area contributed by atoms with Crippen LogP contribution >= 0.6 is 23.8 Å². The van der Waals surface area contributed by atoms with E-state index >= 15 is 0 Å². The smallest absolute Gasteiger partial charge is 0.250 e. The third-order valence-corrected chi connectivity index (χ3v) is 5.67. The fraction of sp³-hybridized carbons (Fsp3) is 0.0870. The van der Waals surface area contributed by atoms with Crippen LogP contribution in [-0.4, -0.2) is 38.3 Å². The summed E-state index contributed by atoms with van der Waals surface area (Å²) < 4.78 is 16.2. The van der Waals surface area contributed by atoms with E-state index < -0.39 is 5.82 Å². The molecule has 0 bridgehead atoms. The highest BCUT2D eigenvalue weighted by Gasteiger charge is 2.14. The molecule has 0 saturated carbocycles. The van der Waals surface area contributed by atoms with Gasteiger partial charge >= 0.3 is 0 Å². The van der Waals surface area contributed by atoms with Crippen LogP contribution in [0.15, 0.2) is 54.3 Å². The minimum atomic E-state index is -0.433. The maximum Gasteiger partial charge on any atom is 0.250 e. The monoisotopic (exact) mass is 464 g/mol. The largest absolute Gasteiger partial charge is 0.379 e. The maximum absolute atomic E-state index is 14.5. The Morgan fingerprint density at radius 1 is 1.28 bits per heavy atom. The molecule has 0 saturated heterocycles. The van der Waals surface area contributed by atoms with E-state index in [0.29, 0.717) is 44.7 Å². The van der Waals surface area contributed by atoms with Gasteiger partial charge in [0.2, 0.25) is 0 Å². The molecule has 0 aliphatic carbocycles. The lowest BCUT2D eigenvalue weighted by atomic mass is 10.0. The zero-order chi connectivity index (χ0) is 22.8. The zero-order valence-corrected chi connectivity index (χ0v) is 18.7. The molecule has 9 heteroatoms. The summed E-state index contributed by atoms with van der Waals surface area (Å²) in [5.74, 6) is 0.00809. The highest BCUT2D eigenvalue weighted by Crippen LogP contribution is 2.32. The number of imidazole rings is 1. The molecule has 0 radical (unpaired) electrons. The molecule has 0 spiro atoms. The highest BCUT2D eigenvalue weighted by molar-refractivity contribution is 7.80. The van der Waals surface area contributed by atoms with Gasteiger partial charge in [-0.3, -0.25) is 4.99 Å². The van der Waals surface area contributed by atoms with E-state index in [0.717, 1.165) is 16.8 Å². The van der Waals surface area contributed by atoms with Crippen molar-refractivity contribution in [2.24, 2.45) is 4.99 Å². The Kier molecular flexibility index (Phi) is 6.07. The van der Waals surface area contributed by atoms with Gasteiger partial charge in [-0.2, -0.15) is 5.10 Å². The molecule has 6 nitrogen and oxygen atoms in total. The SMILES string of the molecule is C=Cc1cc(Cc2cnc3ncc(-c4ccc(C(=S)NC)c(F)c4)nn23)cc(Cl)c1N=C. The Morgan fingerprint density at radius 3 is 2.75 bits per heavy atom. The molecular weight excluding hydrogens is 447 g/mol. The molecule has 0 unspecified atom stereocenters. The summed E-state index contributed by atoms with van der Waals surface area (Å²) >= 11 is 11.5. The van der Waals surface area contributed by atoms with Crippen LogP contribution in [0.4, 0.5) is 10.1 Å². The van der Waals surface area contributed by atoms with Crippen LogP contribution in [0.3, 0.4) is 0 Å². The molecule has 1 N–H and O–H groups in total. The van der Waals surface area contributed by atoms with Crippen molar-refractivity contribution in [2.45, 2.75) is 6.42 Å². The average Bonchev–Trinajstić information content (AvgIpc) is 3.20. The second kappa shape index (κ2) is 8.94. The number of fused-ring (bicyclic) bond motifs is 1. The molecular formula is C23H18ClFN6S. The van der Waals surface area contributed by atoms with Crippen molar-refractivity contribution in [2.75, 3.05) is 7.05 Å². The fourth-order valence-electron chi connectivity index (χ4n) is 3.38. The number of nitrogens with one attached hydrogen (secondary N) is 1. The van der Waals surface area contributed by atoms with Crippen molar-refractivity contribution in [3.05, 3.63) is 82.5 Å². The number of aromatic nitrogens is 4. The molecule has 0 atom stereocenters. The van der Waals surface area contributed by atoms with E-state index in [9.17, 15) is 4.39 Å². The van der Waals surface area contributed by atoms with Gasteiger partial charge in [-0.25, -0.2) is 18.9 Å². The molecule has 160 valence electrons.